The maximum Gasteiger partial charge on any atom is 0.282 e. The first-order chi connectivity index (χ1) is 14.7. The maximum absolute atomic E-state index is 13.1. The normalized spacial score (nSPS) is 15.2. The van der Waals surface area contributed by atoms with Gasteiger partial charge in [-0.15, -0.1) is 0 Å². The Balaban J connectivity index is 2.17. The highest BCUT2D eigenvalue weighted by atomic mass is 32.2. The molecule has 1 aliphatic carbocycles. The predicted octanol–water partition coefficient (Wildman–Crippen LogP) is 0.402. The van der Waals surface area contributed by atoms with E-state index in [0.29, 0.717) is 0 Å². The zero-order chi connectivity index (χ0) is 24.1. The summed E-state index contributed by atoms with van der Waals surface area (Å²) in [6.07, 6.45) is -0.0177. The fourth-order valence-corrected chi connectivity index (χ4v) is 6.57. The molecule has 3 rings (SSSR count). The first-order valence-electron chi connectivity index (χ1n) is 9.06. The molecule has 32 heavy (non-hydrogen) atoms. The predicted molar refractivity (Wildman–Crippen MR) is 112 cm³/mol. The smallest absolute Gasteiger partial charge is 0.282 e. The van der Waals surface area contributed by atoms with Gasteiger partial charge in [0.2, 0.25) is 20.0 Å². The van der Waals surface area contributed by atoms with Gasteiger partial charge in [-0.2, -0.15) is 13.1 Å². The Hall–Kier alpha value is -2.49. The molecule has 2 aromatic carbocycles. The van der Waals surface area contributed by atoms with Gasteiger partial charge in [-0.05, 0) is 30.7 Å². The lowest BCUT2D eigenvalue weighted by Gasteiger charge is -2.22. The number of nitrogens with two attached hydrogens (primary N) is 1. The first kappa shape index (κ1) is 24.2. The van der Waals surface area contributed by atoms with Crippen LogP contribution in [0.5, 0.6) is 0 Å². The van der Waals surface area contributed by atoms with Gasteiger partial charge < -0.3 is 0 Å². The summed E-state index contributed by atoms with van der Waals surface area (Å²) in [7, 11) is -13.6. The van der Waals surface area contributed by atoms with Crippen molar-refractivity contribution in [2.75, 3.05) is 0 Å². The number of nitrogens with one attached hydrogen (secondary N) is 1. The molecule has 1 atom stereocenters. The molecule has 0 fully saturated rings. The van der Waals surface area contributed by atoms with E-state index in [4.69, 9.17) is 5.14 Å². The van der Waals surface area contributed by atoms with Gasteiger partial charge in [0, 0.05) is 16.7 Å². The number of hydrogen-bond acceptors (Lipinski definition) is 8. The average Bonchev–Trinajstić information content (AvgIpc) is 2.69. The van der Waals surface area contributed by atoms with Crippen LogP contribution in [0.4, 0.5) is 0 Å². The zero-order valence-electron chi connectivity index (χ0n) is 16.5. The highest BCUT2D eigenvalue weighted by Crippen LogP contribution is 2.32. The Kier molecular flexibility index (Phi) is 6.14. The standard InChI is InChI=1S/C18H18N2O9S3/c1-2-4-15(32(27,28)29)20-31(25,26)14-6-3-5-12-16(14)18(22)11-8-7-10(30(19,23)24)9-13(11)17(12)21/h3,5-9,15,20H,2,4H2,1H3,(H2,19,23,24)(H,27,28,29). The van der Waals surface area contributed by atoms with Gasteiger partial charge in [-0.1, -0.05) is 25.5 Å². The summed E-state index contributed by atoms with van der Waals surface area (Å²) < 4.78 is 83.4. The Labute approximate surface area is 184 Å². The second-order valence-electron chi connectivity index (χ2n) is 7.00. The molecule has 2 aromatic rings. The van der Waals surface area contributed by atoms with Crippen LogP contribution in [0, 0.1) is 0 Å². The Morgan fingerprint density at radius 3 is 2.16 bits per heavy atom. The fraction of sp³-hybridized carbons (Fsp3) is 0.222. The third-order valence-electron chi connectivity index (χ3n) is 4.79. The van der Waals surface area contributed by atoms with Crippen molar-refractivity contribution in [2.45, 2.75) is 34.9 Å². The highest BCUT2D eigenvalue weighted by molar-refractivity contribution is 7.92. The SMILES string of the molecule is CCCC(NS(=O)(=O)c1cccc2c1C(=O)c1ccc(S(N)(=O)=O)cc1C2=O)S(=O)(=O)O. The molecule has 172 valence electrons. The molecule has 4 N–H and O–H groups in total. The van der Waals surface area contributed by atoms with Gasteiger partial charge in [-0.25, -0.2) is 22.0 Å². The Bertz CT molecular complexity index is 1460. The lowest BCUT2D eigenvalue weighted by atomic mass is 9.84. The summed E-state index contributed by atoms with van der Waals surface area (Å²) in [5.41, 5.74) is -1.31. The van der Waals surface area contributed by atoms with Crippen LogP contribution in [0.2, 0.25) is 0 Å². The second kappa shape index (κ2) is 8.13. The largest absolute Gasteiger partial charge is 0.289 e. The van der Waals surface area contributed by atoms with Crippen LogP contribution in [0.25, 0.3) is 0 Å². The number of carbonyl (C=O) groups is 2. The summed E-state index contributed by atoms with van der Waals surface area (Å²) in [6.45, 7) is 1.58. The van der Waals surface area contributed by atoms with E-state index in [1.165, 1.54) is 12.1 Å². The minimum absolute atomic E-state index is 0.219. The third-order valence-corrected chi connectivity index (χ3v) is 8.44. The van der Waals surface area contributed by atoms with Gasteiger partial charge in [0.15, 0.2) is 11.6 Å². The molecule has 14 heteroatoms. The molecule has 0 spiro atoms. The molecule has 1 aliphatic rings. The lowest BCUT2D eigenvalue weighted by Crippen LogP contribution is -2.41. The van der Waals surface area contributed by atoms with Crippen molar-refractivity contribution in [3.05, 3.63) is 58.7 Å². The zero-order valence-corrected chi connectivity index (χ0v) is 18.9. The summed E-state index contributed by atoms with van der Waals surface area (Å²) >= 11 is 0. The number of carbonyl (C=O) groups excluding carboxylic acids is 2. The molecule has 0 saturated carbocycles. The van der Waals surface area contributed by atoms with Crippen molar-refractivity contribution in [3.63, 3.8) is 0 Å². The van der Waals surface area contributed by atoms with E-state index >= 15 is 0 Å². The van der Waals surface area contributed by atoms with E-state index in [1.54, 1.807) is 6.92 Å². The lowest BCUT2D eigenvalue weighted by molar-refractivity contribution is 0.0976. The van der Waals surface area contributed by atoms with Crippen molar-refractivity contribution in [3.8, 4) is 0 Å². The highest BCUT2D eigenvalue weighted by Gasteiger charge is 2.37. The minimum Gasteiger partial charge on any atom is -0.289 e. The number of benzene rings is 2. The topological polar surface area (TPSA) is 195 Å². The monoisotopic (exact) mass is 502 g/mol. The Morgan fingerprint density at radius 1 is 0.938 bits per heavy atom. The number of ketones is 2. The van der Waals surface area contributed by atoms with Gasteiger partial charge in [0.25, 0.3) is 10.1 Å². The molecule has 0 aliphatic heterocycles. The number of hydrogen-bond donors (Lipinski definition) is 3. The van der Waals surface area contributed by atoms with Crippen LogP contribution in [-0.4, -0.2) is 46.7 Å². The second-order valence-corrected chi connectivity index (χ2v) is 11.8. The number of fused-ring (bicyclic) bond motifs is 2. The van der Waals surface area contributed by atoms with Gasteiger partial charge in [-0.3, -0.25) is 14.1 Å². The van der Waals surface area contributed by atoms with Crippen molar-refractivity contribution >= 4 is 41.7 Å². The van der Waals surface area contributed by atoms with E-state index in [1.807, 2.05) is 4.72 Å². The van der Waals surface area contributed by atoms with Gasteiger partial charge in [0.1, 0.15) is 5.37 Å². The molecule has 0 saturated heterocycles. The Morgan fingerprint density at radius 2 is 1.59 bits per heavy atom. The molecule has 1 unspecified atom stereocenters. The molecule has 11 nitrogen and oxygen atoms in total. The van der Waals surface area contributed by atoms with Crippen LogP contribution in [0.3, 0.4) is 0 Å². The van der Waals surface area contributed by atoms with Gasteiger partial charge >= 0.3 is 0 Å². The summed E-state index contributed by atoms with van der Waals surface area (Å²) in [5, 5.41) is 3.22. The van der Waals surface area contributed by atoms with E-state index < -0.39 is 62.5 Å². The molecular formula is C18H18N2O9S3. The molecular weight excluding hydrogens is 484 g/mol. The van der Waals surface area contributed by atoms with Crippen molar-refractivity contribution in [1.82, 2.24) is 4.72 Å². The van der Waals surface area contributed by atoms with Crippen LogP contribution >= 0.6 is 0 Å². The molecule has 0 amide bonds. The summed E-state index contributed by atoms with van der Waals surface area (Å²) in [6, 6.07) is 6.37. The van der Waals surface area contributed by atoms with Crippen molar-refractivity contribution in [1.29, 1.82) is 0 Å². The molecule has 0 radical (unpaired) electrons. The van der Waals surface area contributed by atoms with Crippen LogP contribution in [0.1, 0.15) is 51.6 Å². The fourth-order valence-electron chi connectivity index (χ4n) is 3.31. The van der Waals surface area contributed by atoms with E-state index in [-0.39, 0.29) is 29.5 Å². The number of primary sulfonamides is 1. The van der Waals surface area contributed by atoms with E-state index in [0.717, 1.165) is 24.3 Å². The number of sulfonamides is 2. The summed E-state index contributed by atoms with van der Waals surface area (Å²) in [5.74, 6) is -1.69. The average molecular weight is 503 g/mol. The maximum atomic E-state index is 13.1. The van der Waals surface area contributed by atoms with Crippen molar-refractivity contribution < 1.29 is 39.4 Å². The van der Waals surface area contributed by atoms with Crippen LogP contribution in [-0.2, 0) is 30.2 Å². The van der Waals surface area contributed by atoms with Crippen LogP contribution in [0.15, 0.2) is 46.2 Å². The molecule has 0 aromatic heterocycles. The van der Waals surface area contributed by atoms with Gasteiger partial charge in [0.05, 0.1) is 15.4 Å². The van der Waals surface area contributed by atoms with E-state index in [2.05, 4.69) is 0 Å². The minimum atomic E-state index is -4.79. The third kappa shape index (κ3) is 4.37. The molecule has 0 heterocycles. The quantitative estimate of drug-likeness (QED) is 0.383. The van der Waals surface area contributed by atoms with Crippen molar-refractivity contribution in [2.24, 2.45) is 5.14 Å². The van der Waals surface area contributed by atoms with Crippen LogP contribution < -0.4 is 9.86 Å². The number of rotatable bonds is 7. The van der Waals surface area contributed by atoms with E-state index in [9.17, 15) is 39.4 Å². The molecule has 0 bridgehead atoms. The summed E-state index contributed by atoms with van der Waals surface area (Å²) in [4.78, 5) is 25.0. The first-order valence-corrected chi connectivity index (χ1v) is 13.6.